The second-order valence-electron chi connectivity index (χ2n) is 7.06. The maximum atomic E-state index is 12.5. The second kappa shape index (κ2) is 10.6. The highest BCUT2D eigenvalue weighted by atomic mass is 16.6. The highest BCUT2D eigenvalue weighted by Crippen LogP contribution is 2.30. The number of non-ortho nitro benzene ring substituents is 1. The Balaban J connectivity index is 1.74. The third-order valence-corrected chi connectivity index (χ3v) is 4.80. The smallest absolute Gasteiger partial charge is 0.269 e. The van der Waals surface area contributed by atoms with Gasteiger partial charge in [0, 0.05) is 17.8 Å². The lowest BCUT2D eigenvalue weighted by Gasteiger charge is -2.12. The van der Waals surface area contributed by atoms with Crippen molar-refractivity contribution in [3.05, 3.63) is 99.1 Å². The van der Waals surface area contributed by atoms with Gasteiger partial charge in [0.05, 0.1) is 12.0 Å². The average molecular weight is 443 g/mol. The predicted molar refractivity (Wildman–Crippen MR) is 124 cm³/mol. The highest BCUT2D eigenvalue weighted by Gasteiger charge is 2.12. The highest BCUT2D eigenvalue weighted by molar-refractivity contribution is 6.10. The first-order chi connectivity index (χ1) is 15.9. The lowest BCUT2D eigenvalue weighted by Crippen LogP contribution is -2.14. The summed E-state index contributed by atoms with van der Waals surface area (Å²) < 4.78 is 11.2. The molecular formula is C25H21N3O5. The number of carbonyl (C=O) groups excluding carboxylic acids is 1. The molecule has 1 N–H and O–H groups in total. The molecule has 0 aliphatic heterocycles. The van der Waals surface area contributed by atoms with E-state index >= 15 is 0 Å². The van der Waals surface area contributed by atoms with E-state index in [-0.39, 0.29) is 17.9 Å². The lowest BCUT2D eigenvalue weighted by atomic mass is 10.1. The molecule has 0 spiro atoms. The molecular weight excluding hydrogens is 422 g/mol. The number of nitrogens with zero attached hydrogens (tertiary/aromatic N) is 2. The summed E-state index contributed by atoms with van der Waals surface area (Å²) in [7, 11) is 1.48. The fourth-order valence-corrected chi connectivity index (χ4v) is 2.99. The quantitative estimate of drug-likeness (QED) is 0.226. The van der Waals surface area contributed by atoms with E-state index in [0.29, 0.717) is 22.7 Å². The van der Waals surface area contributed by atoms with E-state index in [0.717, 1.165) is 11.1 Å². The van der Waals surface area contributed by atoms with E-state index in [4.69, 9.17) is 9.47 Å². The van der Waals surface area contributed by atoms with E-state index < -0.39 is 10.8 Å². The van der Waals surface area contributed by atoms with Gasteiger partial charge < -0.3 is 14.8 Å². The maximum absolute atomic E-state index is 12.5. The number of methoxy groups -OCH3 is 1. The number of amides is 1. The number of benzene rings is 3. The fourth-order valence-electron chi connectivity index (χ4n) is 2.99. The van der Waals surface area contributed by atoms with Gasteiger partial charge in [-0.25, -0.2) is 0 Å². The Kier molecular flexibility index (Phi) is 7.39. The summed E-state index contributed by atoms with van der Waals surface area (Å²) in [6.07, 6.45) is 1.47. The summed E-state index contributed by atoms with van der Waals surface area (Å²) in [4.78, 5) is 22.8. The molecule has 0 bridgehead atoms. The number of hydrogen-bond donors (Lipinski definition) is 1. The first-order valence-electron chi connectivity index (χ1n) is 9.94. The van der Waals surface area contributed by atoms with Gasteiger partial charge in [0.1, 0.15) is 18.2 Å². The van der Waals surface area contributed by atoms with Crippen LogP contribution in [0.15, 0.2) is 72.3 Å². The number of anilines is 1. The Bertz CT molecular complexity index is 1240. The van der Waals surface area contributed by atoms with E-state index in [1.165, 1.54) is 25.3 Å². The van der Waals surface area contributed by atoms with Crippen LogP contribution in [0.2, 0.25) is 0 Å². The third kappa shape index (κ3) is 5.95. The SMILES string of the molecule is COc1cc(/C=C(\C#N)C(=O)Nc2ccccc2C)ccc1OCc1ccc([N+](=O)[O-])cc1. The zero-order chi connectivity index (χ0) is 23.8. The normalized spacial score (nSPS) is 10.8. The minimum absolute atomic E-state index is 0.00669. The Morgan fingerprint density at radius 3 is 2.48 bits per heavy atom. The van der Waals surface area contributed by atoms with Crippen molar-refractivity contribution in [1.82, 2.24) is 0 Å². The van der Waals surface area contributed by atoms with E-state index in [1.807, 2.05) is 25.1 Å². The van der Waals surface area contributed by atoms with Crippen molar-refractivity contribution >= 4 is 23.4 Å². The van der Waals surface area contributed by atoms with Crippen LogP contribution in [-0.4, -0.2) is 17.9 Å². The van der Waals surface area contributed by atoms with Gasteiger partial charge in [-0.3, -0.25) is 14.9 Å². The minimum atomic E-state index is -0.510. The van der Waals surface area contributed by atoms with Gasteiger partial charge in [0.15, 0.2) is 11.5 Å². The molecule has 166 valence electrons. The van der Waals surface area contributed by atoms with Gasteiger partial charge in [-0.1, -0.05) is 24.3 Å². The van der Waals surface area contributed by atoms with E-state index in [2.05, 4.69) is 5.32 Å². The second-order valence-corrected chi connectivity index (χ2v) is 7.06. The lowest BCUT2D eigenvalue weighted by molar-refractivity contribution is -0.384. The minimum Gasteiger partial charge on any atom is -0.493 e. The monoisotopic (exact) mass is 443 g/mol. The van der Waals surface area contributed by atoms with Crippen molar-refractivity contribution in [1.29, 1.82) is 5.26 Å². The number of nitro benzene ring substituents is 1. The molecule has 0 saturated heterocycles. The summed E-state index contributed by atoms with van der Waals surface area (Å²) in [6.45, 7) is 2.05. The van der Waals surface area contributed by atoms with Crippen LogP contribution < -0.4 is 14.8 Å². The molecule has 0 unspecified atom stereocenters. The molecule has 8 heteroatoms. The Morgan fingerprint density at radius 1 is 1.12 bits per heavy atom. The third-order valence-electron chi connectivity index (χ3n) is 4.80. The molecule has 0 aromatic heterocycles. The van der Waals surface area contributed by atoms with Crippen molar-refractivity contribution in [2.75, 3.05) is 12.4 Å². The van der Waals surface area contributed by atoms with Crippen molar-refractivity contribution in [3.63, 3.8) is 0 Å². The molecule has 1 amide bonds. The van der Waals surface area contributed by atoms with Crippen LogP contribution in [0.1, 0.15) is 16.7 Å². The number of rotatable bonds is 8. The first kappa shape index (κ1) is 23.0. The molecule has 33 heavy (non-hydrogen) atoms. The number of nitriles is 1. The molecule has 0 radical (unpaired) electrons. The van der Waals surface area contributed by atoms with Crippen molar-refractivity contribution in [3.8, 4) is 17.6 Å². The molecule has 8 nitrogen and oxygen atoms in total. The summed E-state index contributed by atoms with van der Waals surface area (Å²) in [5.41, 5.74) is 2.82. The summed E-state index contributed by atoms with van der Waals surface area (Å²) in [5.74, 6) is 0.363. The molecule has 3 aromatic carbocycles. The van der Waals surface area contributed by atoms with Gasteiger partial charge in [-0.2, -0.15) is 5.26 Å². The number of aryl methyl sites for hydroxylation is 1. The molecule has 0 atom stereocenters. The number of nitro groups is 1. The van der Waals surface area contributed by atoms with Gasteiger partial charge in [0.2, 0.25) is 0 Å². The van der Waals surface area contributed by atoms with Crippen LogP contribution in [0.5, 0.6) is 11.5 Å². The van der Waals surface area contributed by atoms with Crippen LogP contribution in [0.4, 0.5) is 11.4 Å². The standard InChI is InChI=1S/C25H21N3O5/c1-17-5-3-4-6-22(17)27-25(29)20(15-26)13-19-9-12-23(24(14-19)32-2)33-16-18-7-10-21(11-8-18)28(30)31/h3-14H,16H2,1-2H3,(H,27,29)/b20-13+. The molecule has 0 saturated carbocycles. The number of ether oxygens (including phenoxy) is 2. The van der Waals surface area contributed by atoms with E-state index in [1.54, 1.807) is 42.5 Å². The Labute approximate surface area is 190 Å². The van der Waals surface area contributed by atoms with Crippen molar-refractivity contribution < 1.29 is 19.2 Å². The predicted octanol–water partition coefficient (Wildman–Crippen LogP) is 5.04. The number of para-hydroxylation sites is 1. The largest absolute Gasteiger partial charge is 0.493 e. The summed E-state index contributed by atoms with van der Waals surface area (Å²) in [6, 6.07) is 20.3. The van der Waals surface area contributed by atoms with Crippen LogP contribution in [0.3, 0.4) is 0 Å². The summed E-state index contributed by atoms with van der Waals surface area (Å²) >= 11 is 0. The zero-order valence-corrected chi connectivity index (χ0v) is 18.1. The first-order valence-corrected chi connectivity index (χ1v) is 9.94. The number of carbonyl (C=O) groups is 1. The topological polar surface area (TPSA) is 114 Å². The molecule has 0 aliphatic rings. The zero-order valence-electron chi connectivity index (χ0n) is 18.1. The van der Waals surface area contributed by atoms with Gasteiger partial charge in [0.25, 0.3) is 11.6 Å². The number of nitrogens with one attached hydrogen (secondary N) is 1. The van der Waals surface area contributed by atoms with Gasteiger partial charge in [-0.05, 0) is 60.0 Å². The van der Waals surface area contributed by atoms with Crippen molar-refractivity contribution in [2.45, 2.75) is 13.5 Å². The molecule has 0 fully saturated rings. The fraction of sp³-hybridized carbons (Fsp3) is 0.120. The van der Waals surface area contributed by atoms with Crippen LogP contribution >= 0.6 is 0 Å². The van der Waals surface area contributed by atoms with Gasteiger partial charge >= 0.3 is 0 Å². The Morgan fingerprint density at radius 2 is 1.85 bits per heavy atom. The Hall–Kier alpha value is -4.64. The van der Waals surface area contributed by atoms with E-state index in [9.17, 15) is 20.2 Å². The summed E-state index contributed by atoms with van der Waals surface area (Å²) in [5, 5.41) is 23.0. The van der Waals surface area contributed by atoms with Crippen LogP contribution in [-0.2, 0) is 11.4 Å². The molecule has 3 rings (SSSR count). The van der Waals surface area contributed by atoms with Gasteiger partial charge in [-0.15, -0.1) is 0 Å². The van der Waals surface area contributed by atoms with Crippen molar-refractivity contribution in [2.24, 2.45) is 0 Å². The van der Waals surface area contributed by atoms with Crippen LogP contribution in [0.25, 0.3) is 6.08 Å². The molecule has 0 aliphatic carbocycles. The number of hydrogen-bond acceptors (Lipinski definition) is 6. The average Bonchev–Trinajstić information content (AvgIpc) is 2.83. The maximum Gasteiger partial charge on any atom is 0.269 e. The molecule has 0 heterocycles. The molecule has 3 aromatic rings. The van der Waals surface area contributed by atoms with Crippen LogP contribution in [0, 0.1) is 28.4 Å².